The molecular weight excluding hydrogens is 296 g/mol. The average Bonchev–Trinajstić information content (AvgIpc) is 2.43. The van der Waals surface area contributed by atoms with E-state index in [1.165, 1.54) is 4.90 Å². The number of anilines is 1. The molecule has 1 amide bonds. The molecule has 0 aromatic heterocycles. The van der Waals surface area contributed by atoms with E-state index in [-0.39, 0.29) is 16.6 Å². The van der Waals surface area contributed by atoms with Gasteiger partial charge in [-0.15, -0.1) is 0 Å². The van der Waals surface area contributed by atoms with E-state index in [0.717, 1.165) is 12.1 Å². The molecule has 0 radical (unpaired) electrons. The van der Waals surface area contributed by atoms with Crippen molar-refractivity contribution in [1.82, 2.24) is 0 Å². The van der Waals surface area contributed by atoms with Gasteiger partial charge < -0.3 is 4.90 Å². The van der Waals surface area contributed by atoms with Crippen molar-refractivity contribution in [3.8, 4) is 0 Å². The molecule has 2 rings (SSSR count). The zero-order chi connectivity index (χ0) is 15.6. The van der Waals surface area contributed by atoms with Crippen molar-refractivity contribution in [2.75, 3.05) is 4.90 Å². The predicted octanol–water partition coefficient (Wildman–Crippen LogP) is 4.67. The molecule has 0 heterocycles. The van der Waals surface area contributed by atoms with Gasteiger partial charge in [-0.3, -0.25) is 4.79 Å². The third-order valence-corrected chi connectivity index (χ3v) is 3.30. The van der Waals surface area contributed by atoms with Crippen molar-refractivity contribution in [1.29, 1.82) is 0 Å². The Morgan fingerprint density at radius 1 is 1.10 bits per heavy atom. The highest BCUT2D eigenvalue weighted by Gasteiger charge is 2.24. The number of carbonyl (C=O) groups is 1. The molecule has 110 valence electrons. The lowest BCUT2D eigenvalue weighted by Crippen LogP contribution is -2.37. The predicted molar refractivity (Wildman–Crippen MR) is 79.8 cm³/mol. The Bertz CT molecular complexity index is 659. The molecule has 5 heteroatoms. The van der Waals surface area contributed by atoms with Crippen molar-refractivity contribution in [3.63, 3.8) is 0 Å². The minimum Gasteiger partial charge on any atom is -0.306 e. The van der Waals surface area contributed by atoms with Gasteiger partial charge in [-0.05, 0) is 38.1 Å². The maximum Gasteiger partial charge on any atom is 0.261 e. The Kier molecular flexibility index (Phi) is 4.58. The number of hydrogen-bond donors (Lipinski definition) is 0. The van der Waals surface area contributed by atoms with Crippen LogP contribution in [-0.2, 0) is 0 Å². The van der Waals surface area contributed by atoms with Crippen molar-refractivity contribution in [2.24, 2.45) is 0 Å². The fourth-order valence-electron chi connectivity index (χ4n) is 2.05. The van der Waals surface area contributed by atoms with Crippen LogP contribution in [0.4, 0.5) is 14.5 Å². The van der Waals surface area contributed by atoms with Crippen molar-refractivity contribution >= 4 is 23.2 Å². The Labute approximate surface area is 127 Å². The van der Waals surface area contributed by atoms with Crippen LogP contribution in [0.15, 0.2) is 42.5 Å². The summed E-state index contributed by atoms with van der Waals surface area (Å²) in [5, 5.41) is -0.347. The Balaban J connectivity index is 2.48. The zero-order valence-electron chi connectivity index (χ0n) is 11.6. The van der Waals surface area contributed by atoms with E-state index < -0.39 is 17.5 Å². The lowest BCUT2D eigenvalue weighted by Gasteiger charge is -2.27. The molecule has 0 bridgehead atoms. The molecule has 0 unspecified atom stereocenters. The van der Waals surface area contributed by atoms with Gasteiger partial charge in [0.05, 0.1) is 10.6 Å². The van der Waals surface area contributed by atoms with Gasteiger partial charge in [-0.1, -0.05) is 29.8 Å². The van der Waals surface area contributed by atoms with E-state index in [9.17, 15) is 13.6 Å². The molecule has 2 aromatic rings. The Morgan fingerprint density at radius 2 is 1.71 bits per heavy atom. The van der Waals surface area contributed by atoms with Crippen molar-refractivity contribution < 1.29 is 13.6 Å². The van der Waals surface area contributed by atoms with Gasteiger partial charge in [0.2, 0.25) is 0 Å². The lowest BCUT2D eigenvalue weighted by atomic mass is 10.1. The third-order valence-electron chi connectivity index (χ3n) is 3.01. The number of hydrogen-bond acceptors (Lipinski definition) is 1. The summed E-state index contributed by atoms with van der Waals surface area (Å²) < 4.78 is 27.4. The highest BCUT2D eigenvalue weighted by atomic mass is 35.5. The molecule has 0 saturated carbocycles. The van der Waals surface area contributed by atoms with E-state index in [0.29, 0.717) is 5.69 Å². The van der Waals surface area contributed by atoms with Gasteiger partial charge in [0.15, 0.2) is 0 Å². The first-order chi connectivity index (χ1) is 9.91. The molecule has 2 nitrogen and oxygen atoms in total. The fourth-order valence-corrected chi connectivity index (χ4v) is 2.21. The second-order valence-electron chi connectivity index (χ2n) is 4.85. The first-order valence-corrected chi connectivity index (χ1v) is 6.82. The van der Waals surface area contributed by atoms with Crippen LogP contribution in [0, 0.1) is 11.6 Å². The standard InChI is InChI=1S/C16H14ClF2NO/c1-10(2)20(11-6-4-3-5-7-11)16(21)12-8-15(19)13(17)9-14(12)18/h3-10H,1-2H3. The van der Waals surface area contributed by atoms with E-state index in [4.69, 9.17) is 11.6 Å². The smallest absolute Gasteiger partial charge is 0.261 e. The van der Waals surface area contributed by atoms with Gasteiger partial charge in [0, 0.05) is 11.7 Å². The number of halogens is 3. The second kappa shape index (κ2) is 6.22. The molecule has 0 aliphatic heterocycles. The molecular formula is C16H14ClF2NO. The second-order valence-corrected chi connectivity index (χ2v) is 5.26. The summed E-state index contributed by atoms with van der Waals surface area (Å²) in [6, 6.07) is 10.3. The zero-order valence-corrected chi connectivity index (χ0v) is 12.4. The maximum atomic E-state index is 13.9. The minimum absolute atomic E-state index is 0.210. The summed E-state index contributed by atoms with van der Waals surface area (Å²) in [5.41, 5.74) is 0.279. The van der Waals surface area contributed by atoms with Crippen LogP contribution in [0.5, 0.6) is 0 Å². The molecule has 0 atom stereocenters. The highest BCUT2D eigenvalue weighted by Crippen LogP contribution is 2.24. The molecule has 0 saturated heterocycles. The first-order valence-electron chi connectivity index (χ1n) is 6.45. The van der Waals surface area contributed by atoms with Gasteiger partial charge in [0.25, 0.3) is 5.91 Å². The summed E-state index contributed by atoms with van der Waals surface area (Å²) in [4.78, 5) is 14.0. The number of amides is 1. The minimum atomic E-state index is -0.840. The molecule has 0 fully saturated rings. The van der Waals surface area contributed by atoms with Crippen LogP contribution in [0.25, 0.3) is 0 Å². The number of rotatable bonds is 3. The maximum absolute atomic E-state index is 13.9. The number of benzene rings is 2. The molecule has 0 N–H and O–H groups in total. The summed E-state index contributed by atoms with van der Waals surface area (Å²) in [7, 11) is 0. The number of carbonyl (C=O) groups excluding carboxylic acids is 1. The quantitative estimate of drug-likeness (QED) is 0.754. The van der Waals surface area contributed by atoms with Crippen LogP contribution >= 0.6 is 11.6 Å². The van der Waals surface area contributed by atoms with Crippen LogP contribution in [0.3, 0.4) is 0 Å². The summed E-state index contributed by atoms with van der Waals surface area (Å²) in [6.45, 7) is 3.60. The summed E-state index contributed by atoms with van der Waals surface area (Å²) in [6.07, 6.45) is 0. The third kappa shape index (κ3) is 3.22. The SMILES string of the molecule is CC(C)N(C(=O)c1cc(F)c(Cl)cc1F)c1ccccc1. The van der Waals surface area contributed by atoms with E-state index in [1.807, 2.05) is 6.07 Å². The first kappa shape index (κ1) is 15.4. The number of nitrogens with zero attached hydrogens (tertiary/aromatic N) is 1. The fraction of sp³-hybridized carbons (Fsp3) is 0.188. The molecule has 2 aromatic carbocycles. The number of para-hydroxylation sites is 1. The Morgan fingerprint density at radius 3 is 2.29 bits per heavy atom. The van der Waals surface area contributed by atoms with Gasteiger partial charge in [-0.25, -0.2) is 8.78 Å². The molecule has 0 spiro atoms. The molecule has 0 aliphatic rings. The Hall–Kier alpha value is -1.94. The van der Waals surface area contributed by atoms with Crippen molar-refractivity contribution in [3.05, 3.63) is 64.7 Å². The highest BCUT2D eigenvalue weighted by molar-refractivity contribution is 6.30. The topological polar surface area (TPSA) is 20.3 Å². The molecule has 21 heavy (non-hydrogen) atoms. The lowest BCUT2D eigenvalue weighted by molar-refractivity contribution is 0.0976. The van der Waals surface area contributed by atoms with Crippen LogP contribution < -0.4 is 4.90 Å². The van der Waals surface area contributed by atoms with E-state index in [1.54, 1.807) is 38.1 Å². The van der Waals surface area contributed by atoms with Gasteiger partial charge in [-0.2, -0.15) is 0 Å². The van der Waals surface area contributed by atoms with Crippen LogP contribution in [0.2, 0.25) is 5.02 Å². The van der Waals surface area contributed by atoms with Crippen LogP contribution in [-0.4, -0.2) is 11.9 Å². The van der Waals surface area contributed by atoms with Crippen LogP contribution in [0.1, 0.15) is 24.2 Å². The van der Waals surface area contributed by atoms with Gasteiger partial charge in [0.1, 0.15) is 11.6 Å². The van der Waals surface area contributed by atoms with E-state index >= 15 is 0 Å². The average molecular weight is 310 g/mol. The monoisotopic (exact) mass is 309 g/mol. The summed E-state index contributed by atoms with van der Waals surface area (Å²) in [5.74, 6) is -2.27. The van der Waals surface area contributed by atoms with Gasteiger partial charge >= 0.3 is 0 Å². The molecule has 0 aliphatic carbocycles. The van der Waals surface area contributed by atoms with E-state index in [2.05, 4.69) is 0 Å². The normalized spacial score (nSPS) is 10.8. The largest absolute Gasteiger partial charge is 0.306 e. The summed E-state index contributed by atoms with van der Waals surface area (Å²) >= 11 is 5.51. The van der Waals surface area contributed by atoms with Crippen molar-refractivity contribution in [2.45, 2.75) is 19.9 Å².